The van der Waals surface area contributed by atoms with Crippen molar-refractivity contribution < 1.29 is 4.79 Å². The first-order chi connectivity index (χ1) is 13.1. The minimum Gasteiger partial charge on any atom is -0.341 e. The van der Waals surface area contributed by atoms with E-state index in [1.807, 2.05) is 0 Å². The second-order valence-electron chi connectivity index (χ2n) is 8.23. The van der Waals surface area contributed by atoms with Crippen LogP contribution in [0.5, 0.6) is 0 Å². The van der Waals surface area contributed by atoms with Crippen molar-refractivity contribution in [1.82, 2.24) is 19.4 Å². The molecule has 0 saturated carbocycles. The Morgan fingerprint density at radius 3 is 2.61 bits per heavy atom. The minimum absolute atomic E-state index is 0. The highest BCUT2D eigenvalue weighted by Gasteiger charge is 2.37. The number of halogens is 1. The highest BCUT2D eigenvalue weighted by molar-refractivity contribution is 7.03. The number of likely N-dealkylation sites (tertiary alicyclic amines) is 2. The molecule has 4 rings (SSSR count). The van der Waals surface area contributed by atoms with E-state index in [4.69, 9.17) is 0 Å². The summed E-state index contributed by atoms with van der Waals surface area (Å²) in [6, 6.07) is 8.80. The summed E-state index contributed by atoms with van der Waals surface area (Å²) in [5.41, 5.74) is 3.67. The van der Waals surface area contributed by atoms with Crippen molar-refractivity contribution >= 4 is 29.8 Å². The average Bonchev–Trinajstić information content (AvgIpc) is 3.32. The third-order valence-corrected chi connectivity index (χ3v) is 6.55. The number of rotatable bonds is 4. The van der Waals surface area contributed by atoms with Crippen molar-refractivity contribution in [2.24, 2.45) is 5.92 Å². The van der Waals surface area contributed by atoms with Gasteiger partial charge in [-0.05, 0) is 42.8 Å². The zero-order valence-electron chi connectivity index (χ0n) is 16.6. The van der Waals surface area contributed by atoms with Crippen molar-refractivity contribution in [3.63, 3.8) is 0 Å². The number of nitrogens with zero attached hydrogens (tertiary/aromatic N) is 4. The number of amides is 1. The molecule has 1 aromatic carbocycles. The zero-order chi connectivity index (χ0) is 18.8. The van der Waals surface area contributed by atoms with Gasteiger partial charge in [-0.1, -0.05) is 41.2 Å². The van der Waals surface area contributed by atoms with Crippen LogP contribution >= 0.6 is 23.9 Å². The molecule has 0 bridgehead atoms. The van der Waals surface area contributed by atoms with Crippen LogP contribution in [-0.4, -0.2) is 58.0 Å². The van der Waals surface area contributed by atoms with Gasteiger partial charge in [-0.2, -0.15) is 0 Å². The molecule has 3 heterocycles. The molecule has 1 amide bonds. The Morgan fingerprint density at radius 1 is 1.18 bits per heavy atom. The maximum atomic E-state index is 12.8. The number of benzene rings is 1. The molecule has 28 heavy (non-hydrogen) atoms. The molecule has 0 aliphatic carbocycles. The van der Waals surface area contributed by atoms with Crippen molar-refractivity contribution in [3.8, 4) is 0 Å². The third kappa shape index (κ3) is 4.73. The number of piperidine rings is 1. The first-order valence-corrected chi connectivity index (χ1v) is 10.8. The minimum atomic E-state index is 0. The Balaban J connectivity index is 0.00000225. The molecule has 1 aromatic heterocycles. The smallest absolute Gasteiger partial charge is 0.236 e. The molecular formula is C21H29ClN4OS. The van der Waals surface area contributed by atoms with Gasteiger partial charge in [-0.25, -0.2) is 0 Å². The lowest BCUT2D eigenvalue weighted by molar-refractivity contribution is -0.133. The van der Waals surface area contributed by atoms with Crippen LogP contribution in [0, 0.1) is 12.8 Å². The quantitative estimate of drug-likeness (QED) is 0.756. The summed E-state index contributed by atoms with van der Waals surface area (Å²) in [4.78, 5) is 17.2. The number of carbonyl (C=O) groups is 1. The average molecular weight is 421 g/mol. The van der Waals surface area contributed by atoms with Crippen molar-refractivity contribution in [1.29, 1.82) is 0 Å². The van der Waals surface area contributed by atoms with Crippen molar-refractivity contribution in [2.45, 2.75) is 38.5 Å². The SMILES string of the molecule is Cc1ccc([C@@H]2CN(CC(=O)N3CCCC(C)C3)C[C@H]2c2csnn2)cc1.Cl. The van der Waals surface area contributed by atoms with Gasteiger partial charge >= 0.3 is 0 Å². The molecule has 2 fully saturated rings. The normalized spacial score (nSPS) is 25.5. The van der Waals surface area contributed by atoms with Crippen LogP contribution in [0.4, 0.5) is 0 Å². The summed E-state index contributed by atoms with van der Waals surface area (Å²) in [5.74, 6) is 1.57. The highest BCUT2D eigenvalue weighted by Crippen LogP contribution is 2.39. The van der Waals surface area contributed by atoms with E-state index in [0.29, 0.717) is 24.3 Å². The van der Waals surface area contributed by atoms with Gasteiger partial charge in [0.15, 0.2) is 0 Å². The highest BCUT2D eigenvalue weighted by atomic mass is 35.5. The molecule has 2 aliphatic rings. The van der Waals surface area contributed by atoms with Crippen LogP contribution in [0.3, 0.4) is 0 Å². The summed E-state index contributed by atoms with van der Waals surface area (Å²) in [6.07, 6.45) is 2.37. The Labute approximate surface area is 177 Å². The summed E-state index contributed by atoms with van der Waals surface area (Å²) in [7, 11) is 0. The molecule has 0 spiro atoms. The standard InChI is InChI=1S/C21H28N4OS.ClH/c1-15-5-7-17(8-6-15)18-11-24(12-19(18)20-14-27-23-22-20)13-21(26)25-9-3-4-16(2)10-25;/h5-8,14,16,18-19H,3-4,9-13H2,1-2H3;1H/t16?,18-,19+;/m0./s1. The molecule has 2 aliphatic heterocycles. The van der Waals surface area contributed by atoms with E-state index in [9.17, 15) is 4.79 Å². The predicted octanol–water partition coefficient (Wildman–Crippen LogP) is 3.71. The van der Waals surface area contributed by atoms with Gasteiger partial charge in [0.05, 0.1) is 12.2 Å². The Hall–Kier alpha value is -1.50. The molecular weight excluding hydrogens is 392 g/mol. The molecule has 1 unspecified atom stereocenters. The number of hydrogen-bond donors (Lipinski definition) is 0. The lowest BCUT2D eigenvalue weighted by Gasteiger charge is -2.32. The van der Waals surface area contributed by atoms with Gasteiger partial charge in [0, 0.05) is 43.4 Å². The van der Waals surface area contributed by atoms with Crippen LogP contribution in [-0.2, 0) is 4.79 Å². The van der Waals surface area contributed by atoms with E-state index in [2.05, 4.69) is 62.9 Å². The van der Waals surface area contributed by atoms with Gasteiger partial charge < -0.3 is 4.90 Å². The van der Waals surface area contributed by atoms with E-state index in [0.717, 1.165) is 38.3 Å². The number of hydrogen-bond acceptors (Lipinski definition) is 5. The van der Waals surface area contributed by atoms with Gasteiger partial charge in [0.2, 0.25) is 5.91 Å². The van der Waals surface area contributed by atoms with Crippen LogP contribution in [0.1, 0.15) is 48.4 Å². The molecule has 2 saturated heterocycles. The largest absolute Gasteiger partial charge is 0.341 e. The van der Waals surface area contributed by atoms with Crippen molar-refractivity contribution in [2.75, 3.05) is 32.7 Å². The Morgan fingerprint density at radius 2 is 1.93 bits per heavy atom. The monoisotopic (exact) mass is 420 g/mol. The van der Waals surface area contributed by atoms with Crippen LogP contribution in [0.15, 0.2) is 29.6 Å². The fourth-order valence-electron chi connectivity index (χ4n) is 4.51. The van der Waals surface area contributed by atoms with Crippen LogP contribution < -0.4 is 0 Å². The second kappa shape index (κ2) is 9.33. The molecule has 2 aromatic rings. The summed E-state index contributed by atoms with van der Waals surface area (Å²) in [6.45, 7) is 8.48. The van der Waals surface area contributed by atoms with Gasteiger partial charge in [0.1, 0.15) is 0 Å². The predicted molar refractivity (Wildman–Crippen MR) is 115 cm³/mol. The summed E-state index contributed by atoms with van der Waals surface area (Å²) in [5, 5.41) is 6.41. The summed E-state index contributed by atoms with van der Waals surface area (Å²) >= 11 is 1.41. The topological polar surface area (TPSA) is 49.3 Å². The van der Waals surface area contributed by atoms with E-state index < -0.39 is 0 Å². The van der Waals surface area contributed by atoms with Gasteiger partial charge in [0.25, 0.3) is 0 Å². The van der Waals surface area contributed by atoms with E-state index in [1.54, 1.807) is 0 Å². The molecule has 7 heteroatoms. The zero-order valence-corrected chi connectivity index (χ0v) is 18.2. The maximum absolute atomic E-state index is 12.8. The molecule has 5 nitrogen and oxygen atoms in total. The lowest BCUT2D eigenvalue weighted by atomic mass is 9.87. The Kier molecular flexibility index (Phi) is 7.07. The number of aromatic nitrogens is 2. The number of aryl methyl sites for hydroxylation is 1. The van der Waals surface area contributed by atoms with Crippen molar-refractivity contribution in [3.05, 3.63) is 46.5 Å². The first kappa shape index (κ1) is 21.2. The van der Waals surface area contributed by atoms with Crippen LogP contribution in [0.2, 0.25) is 0 Å². The van der Waals surface area contributed by atoms with E-state index in [1.165, 1.54) is 29.1 Å². The van der Waals surface area contributed by atoms with E-state index in [-0.39, 0.29) is 18.3 Å². The third-order valence-electron chi connectivity index (χ3n) is 6.03. The molecule has 3 atom stereocenters. The second-order valence-corrected chi connectivity index (χ2v) is 8.84. The van der Waals surface area contributed by atoms with Gasteiger partial charge in [-0.15, -0.1) is 17.5 Å². The molecule has 0 N–H and O–H groups in total. The maximum Gasteiger partial charge on any atom is 0.236 e. The lowest BCUT2D eigenvalue weighted by Crippen LogP contribution is -2.44. The molecule has 152 valence electrons. The first-order valence-electron chi connectivity index (χ1n) is 9.94. The number of carbonyl (C=O) groups excluding carboxylic acids is 1. The van der Waals surface area contributed by atoms with Gasteiger partial charge in [-0.3, -0.25) is 9.69 Å². The fourth-order valence-corrected chi connectivity index (χ4v) is 5.02. The van der Waals surface area contributed by atoms with Crippen LogP contribution in [0.25, 0.3) is 0 Å². The van der Waals surface area contributed by atoms with E-state index >= 15 is 0 Å². The Bertz CT molecular complexity index is 767. The fraction of sp³-hybridized carbons (Fsp3) is 0.571. The summed E-state index contributed by atoms with van der Waals surface area (Å²) < 4.78 is 4.07. The molecule has 0 radical (unpaired) electrons.